The summed E-state index contributed by atoms with van der Waals surface area (Å²) in [7, 11) is -3.90. The fourth-order valence-corrected chi connectivity index (χ4v) is 5.50. The van der Waals surface area contributed by atoms with Crippen molar-refractivity contribution in [2.75, 3.05) is 6.61 Å². The lowest BCUT2D eigenvalue weighted by atomic mass is 9.92. The summed E-state index contributed by atoms with van der Waals surface area (Å²) < 4.78 is 36.0. The van der Waals surface area contributed by atoms with Crippen LogP contribution in [0.3, 0.4) is 0 Å². The number of aliphatic hydroxyl groups is 1. The lowest BCUT2D eigenvalue weighted by Crippen LogP contribution is -2.43. The number of rotatable bonds is 6. The Balaban J connectivity index is 1.94. The summed E-state index contributed by atoms with van der Waals surface area (Å²) in [5, 5.41) is 18.1. The molecule has 0 bridgehead atoms. The summed E-state index contributed by atoms with van der Waals surface area (Å²) >= 11 is 0. The fourth-order valence-electron chi connectivity index (χ4n) is 3.75. The molecule has 6 nitrogen and oxygen atoms in total. The van der Waals surface area contributed by atoms with Gasteiger partial charge in [0.05, 0.1) is 0 Å². The molecule has 1 unspecified atom stereocenters. The van der Waals surface area contributed by atoms with Gasteiger partial charge in [-0.2, -0.15) is 0 Å². The molecule has 1 aliphatic rings. The Labute approximate surface area is 165 Å². The molecule has 28 heavy (non-hydrogen) atoms. The van der Waals surface area contributed by atoms with E-state index in [0.717, 1.165) is 5.56 Å². The number of hydrogen-bond donors (Lipinski definition) is 2. The van der Waals surface area contributed by atoms with Crippen molar-refractivity contribution in [2.45, 2.75) is 43.5 Å². The van der Waals surface area contributed by atoms with E-state index in [1.54, 1.807) is 26.0 Å². The minimum atomic E-state index is -3.90. The van der Waals surface area contributed by atoms with Crippen LogP contribution >= 0.6 is 0 Å². The van der Waals surface area contributed by atoms with E-state index in [-0.39, 0.29) is 30.6 Å². The third-order valence-corrected chi connectivity index (χ3v) is 6.78. The number of hydrogen-bond acceptors (Lipinski definition) is 5. The van der Waals surface area contributed by atoms with Gasteiger partial charge in [0.25, 0.3) is 10.0 Å². The van der Waals surface area contributed by atoms with E-state index in [0.29, 0.717) is 12.0 Å². The van der Waals surface area contributed by atoms with Gasteiger partial charge >= 0.3 is 0 Å². The second-order valence-corrected chi connectivity index (χ2v) is 9.19. The quantitative estimate of drug-likeness (QED) is 0.769. The zero-order valence-corrected chi connectivity index (χ0v) is 16.8. The van der Waals surface area contributed by atoms with Gasteiger partial charge in [-0.05, 0) is 49.4 Å². The Morgan fingerprint density at radius 2 is 1.86 bits per heavy atom. The highest BCUT2D eigenvalue weighted by Gasteiger charge is 2.47. The van der Waals surface area contributed by atoms with Gasteiger partial charge < -0.3 is 14.9 Å². The third kappa shape index (κ3) is 4.36. The first-order chi connectivity index (χ1) is 13.2. The van der Waals surface area contributed by atoms with Crippen molar-refractivity contribution in [3.05, 3.63) is 65.7 Å². The Morgan fingerprint density at radius 1 is 1.14 bits per heavy atom. The first-order valence-corrected chi connectivity index (χ1v) is 10.7. The van der Waals surface area contributed by atoms with Gasteiger partial charge in [0.1, 0.15) is 16.6 Å². The zero-order chi connectivity index (χ0) is 20.4. The summed E-state index contributed by atoms with van der Waals surface area (Å²) in [4.78, 5) is 0. The second-order valence-electron chi connectivity index (χ2n) is 7.50. The number of phenols is 1. The smallest absolute Gasteiger partial charge is 0.267 e. The third-order valence-electron chi connectivity index (χ3n) is 4.88. The zero-order valence-electron chi connectivity index (χ0n) is 15.9. The van der Waals surface area contributed by atoms with Gasteiger partial charge in [0.2, 0.25) is 5.90 Å². The summed E-state index contributed by atoms with van der Waals surface area (Å²) in [6, 6.07) is 15.8. The van der Waals surface area contributed by atoms with Crippen molar-refractivity contribution in [1.82, 2.24) is 0 Å². The molecule has 0 saturated heterocycles. The van der Waals surface area contributed by atoms with Gasteiger partial charge in [0.15, 0.2) is 0 Å². The number of aromatic hydroxyl groups is 1. The maximum atomic E-state index is 13.0. The Hall–Kier alpha value is -2.38. The molecule has 0 spiro atoms. The van der Waals surface area contributed by atoms with Crippen molar-refractivity contribution in [3.8, 4) is 5.75 Å². The van der Waals surface area contributed by atoms with Crippen molar-refractivity contribution < 1.29 is 23.4 Å². The predicted molar refractivity (Wildman–Crippen MR) is 108 cm³/mol. The van der Waals surface area contributed by atoms with Crippen LogP contribution in [0.5, 0.6) is 5.75 Å². The van der Waals surface area contributed by atoms with Gasteiger partial charge in [-0.15, -0.1) is 4.40 Å². The van der Waals surface area contributed by atoms with Crippen LogP contribution in [0, 0.1) is 0 Å². The van der Waals surface area contributed by atoms with E-state index in [4.69, 9.17) is 4.74 Å². The number of sulfonamides is 1. The molecule has 2 aromatic rings. The van der Waals surface area contributed by atoms with E-state index >= 15 is 0 Å². The molecule has 0 saturated carbocycles. The molecule has 1 heterocycles. The normalized spacial score (nSPS) is 21.4. The average Bonchev–Trinajstić information content (AvgIpc) is 2.60. The van der Waals surface area contributed by atoms with Crippen LogP contribution < -0.4 is 0 Å². The molecule has 150 valence electrons. The van der Waals surface area contributed by atoms with Crippen molar-refractivity contribution >= 4 is 15.9 Å². The summed E-state index contributed by atoms with van der Waals surface area (Å²) in [6.45, 7) is 3.39. The van der Waals surface area contributed by atoms with Crippen LogP contribution in [0.1, 0.15) is 49.0 Å². The molecule has 0 amide bonds. The predicted octanol–water partition coefficient (Wildman–Crippen LogP) is 3.53. The molecule has 2 atom stereocenters. The van der Waals surface area contributed by atoms with Crippen LogP contribution in [0.4, 0.5) is 0 Å². The van der Waals surface area contributed by atoms with Gasteiger partial charge in [-0.3, -0.25) is 0 Å². The van der Waals surface area contributed by atoms with E-state index in [1.807, 2.05) is 30.3 Å². The van der Waals surface area contributed by atoms with E-state index in [2.05, 4.69) is 4.40 Å². The van der Waals surface area contributed by atoms with Crippen molar-refractivity contribution in [2.24, 2.45) is 4.40 Å². The first-order valence-electron chi connectivity index (χ1n) is 9.19. The highest BCUT2D eigenvalue weighted by atomic mass is 32.2. The number of nitrogens with zero attached hydrogens (tertiary/aromatic N) is 1. The van der Waals surface area contributed by atoms with Crippen LogP contribution in [0.2, 0.25) is 0 Å². The van der Waals surface area contributed by atoms with Crippen LogP contribution in [0.25, 0.3) is 0 Å². The molecule has 3 rings (SSSR count). The SMILES string of the molecule is CC1(C)OC(C[C@@H](CCO)c2ccccc2)=NS(=O)(=O)C1c1cccc(O)c1. The first kappa shape index (κ1) is 20.4. The summed E-state index contributed by atoms with van der Waals surface area (Å²) in [5.41, 5.74) is 0.361. The monoisotopic (exact) mass is 403 g/mol. The topological polar surface area (TPSA) is 96.2 Å². The van der Waals surface area contributed by atoms with E-state index in [1.165, 1.54) is 12.1 Å². The van der Waals surface area contributed by atoms with Crippen LogP contribution in [0.15, 0.2) is 59.0 Å². The van der Waals surface area contributed by atoms with Crippen LogP contribution in [-0.2, 0) is 14.8 Å². The van der Waals surface area contributed by atoms with E-state index < -0.39 is 20.9 Å². The lowest BCUT2D eigenvalue weighted by molar-refractivity contribution is 0.0797. The average molecular weight is 404 g/mol. The van der Waals surface area contributed by atoms with Gasteiger partial charge in [0, 0.05) is 13.0 Å². The van der Waals surface area contributed by atoms with E-state index in [9.17, 15) is 18.6 Å². The van der Waals surface area contributed by atoms with Crippen molar-refractivity contribution in [3.63, 3.8) is 0 Å². The lowest BCUT2D eigenvalue weighted by Gasteiger charge is -2.38. The molecule has 2 N–H and O–H groups in total. The number of phenolic OH excluding ortho intramolecular Hbond substituents is 1. The Morgan fingerprint density at radius 3 is 2.46 bits per heavy atom. The fraction of sp³-hybridized carbons (Fsp3) is 0.381. The Kier molecular flexibility index (Phi) is 5.76. The molecule has 0 aliphatic carbocycles. The summed E-state index contributed by atoms with van der Waals surface area (Å²) in [5.74, 6) is 0.0299. The largest absolute Gasteiger partial charge is 0.508 e. The Bertz CT molecular complexity index is 954. The maximum Gasteiger partial charge on any atom is 0.267 e. The number of aliphatic hydroxyl groups excluding tert-OH is 1. The maximum absolute atomic E-state index is 13.0. The minimum absolute atomic E-state index is 0.00892. The summed E-state index contributed by atoms with van der Waals surface area (Å²) in [6.07, 6.45) is 0.753. The number of benzene rings is 2. The molecule has 0 aromatic heterocycles. The highest BCUT2D eigenvalue weighted by molar-refractivity contribution is 7.90. The minimum Gasteiger partial charge on any atom is -0.508 e. The highest BCUT2D eigenvalue weighted by Crippen LogP contribution is 2.42. The standard InChI is InChI=1S/C21H25NO5S/c1-21(2)20(17-9-6-10-18(24)13-17)28(25,26)22-19(27-21)14-16(11-12-23)15-7-4-3-5-8-15/h3-10,13,16,20,23-24H,11-12,14H2,1-2H3/t16-,20?/m1/s1. The molecular formula is C21H25NO5S. The molecule has 7 heteroatoms. The van der Waals surface area contributed by atoms with Crippen molar-refractivity contribution in [1.29, 1.82) is 0 Å². The van der Waals surface area contributed by atoms with Crippen LogP contribution in [-0.4, -0.2) is 36.7 Å². The molecule has 2 aromatic carbocycles. The van der Waals surface area contributed by atoms with Gasteiger partial charge in [-0.25, -0.2) is 8.42 Å². The molecular weight excluding hydrogens is 378 g/mol. The van der Waals surface area contributed by atoms with Gasteiger partial charge in [-0.1, -0.05) is 42.5 Å². The number of ether oxygens (including phenoxy) is 1. The molecule has 0 fully saturated rings. The molecule has 1 aliphatic heterocycles. The molecule has 0 radical (unpaired) electrons. The second kappa shape index (κ2) is 7.93.